The normalized spacial score (nSPS) is 20.3. The van der Waals surface area contributed by atoms with Crippen molar-refractivity contribution in [2.24, 2.45) is 0 Å². The molecule has 0 bridgehead atoms. The highest BCUT2D eigenvalue weighted by molar-refractivity contribution is 5.40. The van der Waals surface area contributed by atoms with E-state index in [2.05, 4.69) is 5.32 Å². The molecule has 0 aliphatic carbocycles. The Labute approximate surface area is 89.4 Å². The summed E-state index contributed by atoms with van der Waals surface area (Å²) in [5.74, 6) is 0.500. The summed E-state index contributed by atoms with van der Waals surface area (Å²) >= 11 is 0. The lowest BCUT2D eigenvalue weighted by molar-refractivity contribution is 0.314. The van der Waals surface area contributed by atoms with Gasteiger partial charge < -0.3 is 10.1 Å². The molecule has 1 aromatic rings. The first-order valence-corrected chi connectivity index (χ1v) is 5.32. The van der Waals surface area contributed by atoms with Crippen LogP contribution < -0.4 is 10.1 Å². The first-order valence-electron chi connectivity index (χ1n) is 5.32. The van der Waals surface area contributed by atoms with Crippen LogP contribution in [-0.4, -0.2) is 13.7 Å². The highest BCUT2D eigenvalue weighted by Crippen LogP contribution is 2.33. The van der Waals surface area contributed by atoms with Crippen LogP contribution in [0.5, 0.6) is 5.75 Å². The highest BCUT2D eigenvalue weighted by atomic mass is 19.1. The van der Waals surface area contributed by atoms with Crippen molar-refractivity contribution in [3.8, 4) is 5.75 Å². The molecular formula is C12H16FNO. The Balaban J connectivity index is 2.46. The Kier molecular flexibility index (Phi) is 2.91. The van der Waals surface area contributed by atoms with Gasteiger partial charge in [0.1, 0.15) is 11.6 Å². The van der Waals surface area contributed by atoms with Crippen LogP contribution in [-0.2, 0) is 0 Å². The van der Waals surface area contributed by atoms with Crippen LogP contribution in [0, 0.1) is 12.7 Å². The highest BCUT2D eigenvalue weighted by Gasteiger charge is 2.19. The van der Waals surface area contributed by atoms with Gasteiger partial charge in [-0.25, -0.2) is 4.39 Å². The molecule has 15 heavy (non-hydrogen) atoms. The Morgan fingerprint density at radius 1 is 1.47 bits per heavy atom. The second kappa shape index (κ2) is 4.19. The zero-order chi connectivity index (χ0) is 10.8. The monoisotopic (exact) mass is 209 g/mol. The first-order chi connectivity index (χ1) is 7.22. The number of hydrogen-bond donors (Lipinski definition) is 1. The van der Waals surface area contributed by atoms with Gasteiger partial charge >= 0.3 is 0 Å². The van der Waals surface area contributed by atoms with Crippen molar-refractivity contribution in [3.63, 3.8) is 0 Å². The van der Waals surface area contributed by atoms with Crippen molar-refractivity contribution in [2.75, 3.05) is 13.7 Å². The van der Waals surface area contributed by atoms with E-state index in [1.807, 2.05) is 13.1 Å². The second-order valence-corrected chi connectivity index (χ2v) is 3.97. The lowest BCUT2D eigenvalue weighted by Crippen LogP contribution is -2.15. The molecule has 0 radical (unpaired) electrons. The Morgan fingerprint density at radius 2 is 2.27 bits per heavy atom. The first kappa shape index (κ1) is 10.4. The van der Waals surface area contributed by atoms with E-state index in [9.17, 15) is 4.39 Å². The molecule has 1 aliphatic rings. The summed E-state index contributed by atoms with van der Waals surface area (Å²) in [5, 5.41) is 3.24. The molecule has 82 valence electrons. The molecule has 0 saturated carbocycles. The van der Waals surface area contributed by atoms with Gasteiger partial charge in [-0.3, -0.25) is 0 Å². The molecule has 1 heterocycles. The fourth-order valence-electron chi connectivity index (χ4n) is 2.01. The third-order valence-corrected chi connectivity index (χ3v) is 2.91. The molecule has 2 rings (SSSR count). The third kappa shape index (κ3) is 1.97. The Hall–Kier alpha value is -1.09. The molecule has 1 unspecified atom stereocenters. The predicted octanol–water partition coefficient (Wildman–Crippen LogP) is 2.57. The van der Waals surface area contributed by atoms with Gasteiger partial charge in [0, 0.05) is 17.7 Å². The van der Waals surface area contributed by atoms with Gasteiger partial charge in [0.2, 0.25) is 0 Å². The third-order valence-electron chi connectivity index (χ3n) is 2.91. The molecule has 0 amide bonds. The molecule has 2 nitrogen and oxygen atoms in total. The summed E-state index contributed by atoms with van der Waals surface area (Å²) in [6.45, 7) is 2.46. The fraction of sp³-hybridized carbons (Fsp3) is 0.500. The largest absolute Gasteiger partial charge is 0.493 e. The summed E-state index contributed by atoms with van der Waals surface area (Å²) in [4.78, 5) is 0. The Morgan fingerprint density at radius 3 is 3.00 bits per heavy atom. The van der Waals surface area contributed by atoms with Gasteiger partial charge in [0.05, 0.1) is 6.61 Å². The number of hydrogen-bond acceptors (Lipinski definition) is 2. The van der Waals surface area contributed by atoms with Crippen LogP contribution in [0.15, 0.2) is 12.1 Å². The number of aryl methyl sites for hydroxylation is 1. The van der Waals surface area contributed by atoms with E-state index in [1.165, 1.54) is 6.07 Å². The number of rotatable bonds is 1. The van der Waals surface area contributed by atoms with Gasteiger partial charge in [0.25, 0.3) is 0 Å². The maximum absolute atomic E-state index is 13.4. The molecule has 0 aromatic heterocycles. The number of halogens is 1. The molecule has 1 aromatic carbocycles. The quantitative estimate of drug-likeness (QED) is 0.767. The van der Waals surface area contributed by atoms with Gasteiger partial charge in [0.15, 0.2) is 0 Å². The fourth-order valence-corrected chi connectivity index (χ4v) is 2.01. The SMILES string of the molecule is CNC1CCCOc2cc(F)c(C)cc21. The Bertz CT molecular complexity index is 365. The van der Waals surface area contributed by atoms with Crippen molar-refractivity contribution in [3.05, 3.63) is 29.1 Å². The van der Waals surface area contributed by atoms with E-state index in [0.717, 1.165) is 18.4 Å². The maximum Gasteiger partial charge on any atom is 0.129 e. The molecule has 0 fully saturated rings. The van der Waals surface area contributed by atoms with Crippen LogP contribution in [0.25, 0.3) is 0 Å². The summed E-state index contributed by atoms with van der Waals surface area (Å²) in [6, 6.07) is 3.67. The minimum absolute atomic E-state index is 0.189. The number of nitrogens with one attached hydrogen (secondary N) is 1. The molecule has 1 N–H and O–H groups in total. The summed E-state index contributed by atoms with van der Waals surface area (Å²) < 4.78 is 18.9. The van der Waals surface area contributed by atoms with Crippen LogP contribution >= 0.6 is 0 Å². The molecule has 1 atom stereocenters. The van der Waals surface area contributed by atoms with Gasteiger partial charge in [-0.1, -0.05) is 0 Å². The molecule has 0 spiro atoms. The lowest BCUT2D eigenvalue weighted by atomic mass is 10.00. The topological polar surface area (TPSA) is 21.3 Å². The van der Waals surface area contributed by atoms with Crippen molar-refractivity contribution in [2.45, 2.75) is 25.8 Å². The van der Waals surface area contributed by atoms with E-state index in [4.69, 9.17) is 4.74 Å². The predicted molar refractivity (Wildman–Crippen MR) is 57.7 cm³/mol. The smallest absolute Gasteiger partial charge is 0.129 e. The molecule has 3 heteroatoms. The van der Waals surface area contributed by atoms with E-state index in [-0.39, 0.29) is 11.9 Å². The van der Waals surface area contributed by atoms with E-state index in [1.54, 1.807) is 6.92 Å². The van der Waals surface area contributed by atoms with E-state index < -0.39 is 0 Å². The summed E-state index contributed by atoms with van der Waals surface area (Å²) in [7, 11) is 1.93. The van der Waals surface area contributed by atoms with Crippen LogP contribution in [0.3, 0.4) is 0 Å². The van der Waals surface area contributed by atoms with Gasteiger partial charge in [-0.15, -0.1) is 0 Å². The summed E-state index contributed by atoms with van der Waals surface area (Å²) in [5.41, 5.74) is 1.76. The number of benzene rings is 1. The molecule has 1 aliphatic heterocycles. The molecule has 0 saturated heterocycles. The minimum atomic E-state index is -0.189. The van der Waals surface area contributed by atoms with Gasteiger partial charge in [-0.05, 0) is 38.4 Å². The zero-order valence-electron chi connectivity index (χ0n) is 9.14. The number of ether oxygens (including phenoxy) is 1. The maximum atomic E-state index is 13.4. The van der Waals surface area contributed by atoms with Crippen LogP contribution in [0.2, 0.25) is 0 Å². The lowest BCUT2D eigenvalue weighted by Gasteiger charge is -2.16. The van der Waals surface area contributed by atoms with Crippen LogP contribution in [0.1, 0.15) is 30.0 Å². The van der Waals surface area contributed by atoms with Crippen molar-refractivity contribution >= 4 is 0 Å². The average Bonchev–Trinajstić information content (AvgIpc) is 2.41. The standard InChI is InChI=1S/C12H16FNO/c1-8-6-9-11(14-2)4-3-5-15-12(9)7-10(8)13/h6-7,11,14H,3-5H2,1-2H3. The van der Waals surface area contributed by atoms with Crippen molar-refractivity contribution < 1.29 is 9.13 Å². The molecular weight excluding hydrogens is 193 g/mol. The average molecular weight is 209 g/mol. The summed E-state index contributed by atoms with van der Waals surface area (Å²) in [6.07, 6.45) is 2.04. The zero-order valence-corrected chi connectivity index (χ0v) is 9.14. The van der Waals surface area contributed by atoms with Crippen LogP contribution in [0.4, 0.5) is 4.39 Å². The van der Waals surface area contributed by atoms with Crippen molar-refractivity contribution in [1.82, 2.24) is 5.32 Å². The van der Waals surface area contributed by atoms with E-state index >= 15 is 0 Å². The second-order valence-electron chi connectivity index (χ2n) is 3.97. The minimum Gasteiger partial charge on any atom is -0.493 e. The van der Waals surface area contributed by atoms with Crippen molar-refractivity contribution in [1.29, 1.82) is 0 Å². The van der Waals surface area contributed by atoms with E-state index in [0.29, 0.717) is 17.9 Å². The van der Waals surface area contributed by atoms with Gasteiger partial charge in [-0.2, -0.15) is 0 Å². The number of fused-ring (bicyclic) bond motifs is 1.